The van der Waals surface area contributed by atoms with E-state index in [0.29, 0.717) is 45.4 Å². The summed E-state index contributed by atoms with van der Waals surface area (Å²) in [7, 11) is -3.70. The number of carbonyl (C=O) groups excluding carboxylic acids is 2. The molecular weight excluding hydrogens is 390 g/mol. The third-order valence-corrected chi connectivity index (χ3v) is 7.03. The van der Waals surface area contributed by atoms with Crippen LogP contribution in [0.15, 0.2) is 29.2 Å². The first-order valence-corrected chi connectivity index (χ1v) is 12.0. The van der Waals surface area contributed by atoms with Crippen LogP contribution in [0.2, 0.25) is 0 Å². The Morgan fingerprint density at radius 1 is 0.897 bits per heavy atom. The number of nitrogens with two attached hydrogens (primary N) is 1. The number of rotatable bonds is 7. The van der Waals surface area contributed by atoms with Gasteiger partial charge >= 0.3 is 0 Å². The molecule has 2 aliphatic rings. The molecule has 1 aliphatic carbocycles. The lowest BCUT2D eigenvalue weighted by Gasteiger charge is -2.35. The molecule has 0 aromatic heterocycles. The van der Waals surface area contributed by atoms with Crippen LogP contribution in [0.5, 0.6) is 0 Å². The van der Waals surface area contributed by atoms with Gasteiger partial charge < -0.3 is 9.80 Å². The van der Waals surface area contributed by atoms with Gasteiger partial charge in [-0.3, -0.25) is 9.59 Å². The first-order chi connectivity index (χ1) is 13.8. The fourth-order valence-corrected chi connectivity index (χ4v) is 4.76. The Hall–Kier alpha value is -1.93. The Morgan fingerprint density at radius 2 is 1.41 bits per heavy atom. The van der Waals surface area contributed by atoms with E-state index in [2.05, 4.69) is 0 Å². The Balaban J connectivity index is 1.38. The SMILES string of the molecule is NS(=O)(=O)c1ccc(CCC(=O)N2CCN(C(=O)CCC3CCCC3)CC2)cc1. The zero-order valence-corrected chi connectivity index (χ0v) is 17.7. The molecule has 8 heteroatoms. The predicted octanol–water partition coefficient (Wildman–Crippen LogP) is 1.91. The highest BCUT2D eigenvalue weighted by Gasteiger charge is 2.25. The number of hydrogen-bond donors (Lipinski definition) is 1. The fourth-order valence-electron chi connectivity index (χ4n) is 4.25. The maximum absolute atomic E-state index is 12.5. The number of sulfonamides is 1. The number of primary sulfonamides is 1. The van der Waals surface area contributed by atoms with Crippen molar-refractivity contribution < 1.29 is 18.0 Å². The number of benzene rings is 1. The predicted molar refractivity (Wildman–Crippen MR) is 110 cm³/mol. The van der Waals surface area contributed by atoms with E-state index in [0.717, 1.165) is 17.9 Å². The molecule has 1 saturated carbocycles. The van der Waals surface area contributed by atoms with Gasteiger partial charge in [0.05, 0.1) is 4.90 Å². The Kier molecular flexibility index (Phi) is 7.29. The lowest BCUT2D eigenvalue weighted by atomic mass is 10.0. The standard InChI is InChI=1S/C21H31N3O4S/c22-29(27,28)19-9-5-18(6-10-19)8-12-21(26)24-15-13-23(14-16-24)20(25)11-7-17-3-1-2-4-17/h5-6,9-10,17H,1-4,7-8,11-16H2,(H2,22,27,28). The fraction of sp³-hybridized carbons (Fsp3) is 0.619. The van der Waals surface area contributed by atoms with Crippen LogP contribution in [-0.4, -0.2) is 56.2 Å². The van der Waals surface area contributed by atoms with Crippen molar-refractivity contribution in [1.29, 1.82) is 0 Å². The average Bonchev–Trinajstić information content (AvgIpc) is 3.23. The molecule has 0 radical (unpaired) electrons. The molecule has 2 amide bonds. The summed E-state index contributed by atoms with van der Waals surface area (Å²) in [4.78, 5) is 28.7. The minimum atomic E-state index is -3.70. The normalized spacial score (nSPS) is 18.2. The van der Waals surface area contributed by atoms with E-state index in [1.54, 1.807) is 12.1 Å². The van der Waals surface area contributed by atoms with E-state index in [1.807, 2.05) is 9.80 Å². The number of hydrogen-bond acceptors (Lipinski definition) is 4. The lowest BCUT2D eigenvalue weighted by molar-refractivity contribution is -0.139. The number of nitrogens with zero attached hydrogens (tertiary/aromatic N) is 2. The van der Waals surface area contributed by atoms with Gasteiger partial charge in [0.15, 0.2) is 0 Å². The minimum Gasteiger partial charge on any atom is -0.339 e. The molecule has 7 nitrogen and oxygen atoms in total. The third-order valence-electron chi connectivity index (χ3n) is 6.11. The van der Waals surface area contributed by atoms with E-state index >= 15 is 0 Å². The average molecular weight is 422 g/mol. The highest BCUT2D eigenvalue weighted by atomic mass is 32.2. The summed E-state index contributed by atoms with van der Waals surface area (Å²) in [5.74, 6) is 1.01. The van der Waals surface area contributed by atoms with Crippen molar-refractivity contribution >= 4 is 21.8 Å². The second-order valence-electron chi connectivity index (χ2n) is 8.14. The van der Waals surface area contributed by atoms with Crippen LogP contribution < -0.4 is 5.14 Å². The largest absolute Gasteiger partial charge is 0.339 e. The summed E-state index contributed by atoms with van der Waals surface area (Å²) in [6.07, 6.45) is 7.68. The van der Waals surface area contributed by atoms with Crippen molar-refractivity contribution in [3.8, 4) is 0 Å². The minimum absolute atomic E-state index is 0.0681. The summed E-state index contributed by atoms with van der Waals surface area (Å²) in [5, 5.41) is 5.09. The van der Waals surface area contributed by atoms with Gasteiger partial charge in [0.1, 0.15) is 0 Å². The quantitative estimate of drug-likeness (QED) is 0.727. The van der Waals surface area contributed by atoms with Gasteiger partial charge in [0.2, 0.25) is 21.8 Å². The second kappa shape index (κ2) is 9.71. The van der Waals surface area contributed by atoms with E-state index in [1.165, 1.54) is 37.8 Å². The van der Waals surface area contributed by atoms with Crippen molar-refractivity contribution in [2.24, 2.45) is 11.1 Å². The molecule has 0 spiro atoms. The summed E-state index contributed by atoms with van der Waals surface area (Å²) >= 11 is 0. The van der Waals surface area contributed by atoms with Gasteiger partial charge in [-0.2, -0.15) is 0 Å². The summed E-state index contributed by atoms with van der Waals surface area (Å²) < 4.78 is 22.6. The molecule has 1 aromatic carbocycles. The number of aryl methyl sites for hydroxylation is 1. The monoisotopic (exact) mass is 421 g/mol. The molecule has 1 aliphatic heterocycles. The molecule has 0 bridgehead atoms. The molecule has 2 fully saturated rings. The van der Waals surface area contributed by atoms with Crippen LogP contribution in [0, 0.1) is 5.92 Å². The van der Waals surface area contributed by atoms with Crippen LogP contribution >= 0.6 is 0 Å². The first kappa shape index (κ1) is 21.8. The molecule has 1 aromatic rings. The Bertz CT molecular complexity index is 809. The first-order valence-electron chi connectivity index (χ1n) is 10.5. The van der Waals surface area contributed by atoms with Crippen LogP contribution in [0.4, 0.5) is 0 Å². The van der Waals surface area contributed by atoms with E-state index in [-0.39, 0.29) is 16.7 Å². The molecule has 0 unspecified atom stereocenters. The van der Waals surface area contributed by atoms with Gasteiger partial charge in [0, 0.05) is 39.0 Å². The zero-order valence-electron chi connectivity index (χ0n) is 16.9. The number of piperazine rings is 1. The van der Waals surface area contributed by atoms with Crippen LogP contribution in [0.1, 0.15) is 50.5 Å². The van der Waals surface area contributed by atoms with Gasteiger partial charge in [-0.1, -0.05) is 37.8 Å². The molecular formula is C21H31N3O4S. The Morgan fingerprint density at radius 3 is 1.93 bits per heavy atom. The Labute approximate surface area is 173 Å². The van der Waals surface area contributed by atoms with E-state index < -0.39 is 10.0 Å². The number of amides is 2. The van der Waals surface area contributed by atoms with Gasteiger partial charge in [-0.25, -0.2) is 13.6 Å². The molecule has 160 valence electrons. The molecule has 29 heavy (non-hydrogen) atoms. The van der Waals surface area contributed by atoms with Gasteiger partial charge in [-0.15, -0.1) is 0 Å². The highest BCUT2D eigenvalue weighted by molar-refractivity contribution is 7.89. The maximum Gasteiger partial charge on any atom is 0.238 e. The topological polar surface area (TPSA) is 101 Å². The van der Waals surface area contributed by atoms with Gasteiger partial charge in [0.25, 0.3) is 0 Å². The van der Waals surface area contributed by atoms with Crippen molar-refractivity contribution in [2.75, 3.05) is 26.2 Å². The molecule has 1 heterocycles. The van der Waals surface area contributed by atoms with Crippen molar-refractivity contribution in [2.45, 2.75) is 56.3 Å². The summed E-state index contributed by atoms with van der Waals surface area (Å²) in [5.41, 5.74) is 0.895. The smallest absolute Gasteiger partial charge is 0.238 e. The van der Waals surface area contributed by atoms with Crippen molar-refractivity contribution in [1.82, 2.24) is 9.80 Å². The molecule has 2 N–H and O–H groups in total. The van der Waals surface area contributed by atoms with E-state index in [9.17, 15) is 18.0 Å². The molecule has 1 saturated heterocycles. The summed E-state index contributed by atoms with van der Waals surface area (Å²) in [6.45, 7) is 2.38. The third kappa shape index (κ3) is 6.27. The van der Waals surface area contributed by atoms with Crippen LogP contribution in [0.3, 0.4) is 0 Å². The molecule has 0 atom stereocenters. The molecule has 3 rings (SSSR count). The summed E-state index contributed by atoms with van der Waals surface area (Å²) in [6, 6.07) is 6.30. The zero-order chi connectivity index (χ0) is 20.9. The second-order valence-corrected chi connectivity index (χ2v) is 9.70. The van der Waals surface area contributed by atoms with E-state index in [4.69, 9.17) is 5.14 Å². The highest BCUT2D eigenvalue weighted by Crippen LogP contribution is 2.28. The van der Waals surface area contributed by atoms with Crippen molar-refractivity contribution in [3.63, 3.8) is 0 Å². The number of carbonyl (C=O) groups is 2. The van der Waals surface area contributed by atoms with Crippen LogP contribution in [-0.2, 0) is 26.0 Å². The van der Waals surface area contributed by atoms with Gasteiger partial charge in [-0.05, 0) is 36.5 Å². The lowest BCUT2D eigenvalue weighted by Crippen LogP contribution is -2.50. The maximum atomic E-state index is 12.5. The van der Waals surface area contributed by atoms with Crippen LogP contribution in [0.25, 0.3) is 0 Å². The van der Waals surface area contributed by atoms with Crippen molar-refractivity contribution in [3.05, 3.63) is 29.8 Å².